The van der Waals surface area contributed by atoms with Gasteiger partial charge in [0.05, 0.1) is 19.3 Å². The second-order valence-electron chi connectivity index (χ2n) is 7.88. The molecular weight excluding hydrogens is 408 g/mol. The Morgan fingerprint density at radius 1 is 1.13 bits per heavy atom. The predicted octanol–water partition coefficient (Wildman–Crippen LogP) is 4.20. The van der Waals surface area contributed by atoms with Crippen LogP contribution in [-0.2, 0) is 4.79 Å². The molecule has 0 aliphatic carbocycles. The molecule has 2 heterocycles. The summed E-state index contributed by atoms with van der Waals surface area (Å²) >= 11 is 1.66. The highest BCUT2D eigenvalue weighted by Crippen LogP contribution is 2.29. The van der Waals surface area contributed by atoms with Crippen molar-refractivity contribution < 1.29 is 9.53 Å². The Bertz CT molecular complexity index is 1060. The fourth-order valence-electron chi connectivity index (χ4n) is 3.77. The van der Waals surface area contributed by atoms with E-state index in [-0.39, 0.29) is 5.91 Å². The van der Waals surface area contributed by atoms with Crippen LogP contribution in [0.2, 0.25) is 0 Å². The third-order valence-corrected chi connectivity index (χ3v) is 6.43. The number of nitrogens with zero attached hydrogens (tertiary/aromatic N) is 3. The number of ether oxygens (including phenoxy) is 1. The van der Waals surface area contributed by atoms with Crippen LogP contribution in [0.1, 0.15) is 11.1 Å². The zero-order chi connectivity index (χ0) is 21.8. The van der Waals surface area contributed by atoms with Gasteiger partial charge in [-0.25, -0.2) is 4.98 Å². The van der Waals surface area contributed by atoms with Crippen molar-refractivity contribution in [3.05, 3.63) is 59.0 Å². The SMILES string of the molecule is COc1cccc(-c2csc(N3CCN(CC(=O)Nc4ccc(C)cc4C)CC3)n2)c1. The highest BCUT2D eigenvalue weighted by atomic mass is 32.1. The second kappa shape index (κ2) is 9.49. The number of rotatable bonds is 6. The summed E-state index contributed by atoms with van der Waals surface area (Å²) in [5.74, 6) is 0.870. The van der Waals surface area contributed by atoms with Gasteiger partial charge in [0.1, 0.15) is 5.75 Å². The topological polar surface area (TPSA) is 57.7 Å². The summed E-state index contributed by atoms with van der Waals surface area (Å²) in [7, 11) is 1.67. The third-order valence-electron chi connectivity index (χ3n) is 5.52. The molecule has 1 amide bonds. The Labute approximate surface area is 187 Å². The van der Waals surface area contributed by atoms with Crippen molar-refractivity contribution in [2.45, 2.75) is 13.8 Å². The van der Waals surface area contributed by atoms with E-state index in [9.17, 15) is 4.79 Å². The van der Waals surface area contributed by atoms with Crippen molar-refractivity contribution in [1.29, 1.82) is 0 Å². The van der Waals surface area contributed by atoms with Crippen LogP contribution in [0.3, 0.4) is 0 Å². The predicted molar refractivity (Wildman–Crippen MR) is 127 cm³/mol. The standard InChI is InChI=1S/C24H28N4O2S/c1-17-7-8-21(18(2)13-17)25-23(29)15-27-9-11-28(12-10-27)24-26-22(16-31-24)19-5-4-6-20(14-19)30-3/h4-8,13-14,16H,9-12,15H2,1-3H3,(H,25,29). The third kappa shape index (κ3) is 5.24. The first-order valence-corrected chi connectivity index (χ1v) is 11.3. The lowest BCUT2D eigenvalue weighted by Crippen LogP contribution is -2.48. The molecule has 1 N–H and O–H groups in total. The molecule has 0 radical (unpaired) electrons. The maximum Gasteiger partial charge on any atom is 0.238 e. The monoisotopic (exact) mass is 436 g/mol. The summed E-state index contributed by atoms with van der Waals surface area (Å²) < 4.78 is 5.32. The number of nitrogens with one attached hydrogen (secondary N) is 1. The molecule has 4 rings (SSSR count). The number of aryl methyl sites for hydroxylation is 2. The Morgan fingerprint density at radius 3 is 2.68 bits per heavy atom. The van der Waals surface area contributed by atoms with Crippen molar-refractivity contribution >= 4 is 28.1 Å². The first-order valence-electron chi connectivity index (χ1n) is 10.5. The zero-order valence-electron chi connectivity index (χ0n) is 18.2. The highest BCUT2D eigenvalue weighted by molar-refractivity contribution is 7.14. The van der Waals surface area contributed by atoms with E-state index < -0.39 is 0 Å². The van der Waals surface area contributed by atoms with E-state index in [0.29, 0.717) is 6.54 Å². The molecule has 3 aromatic rings. The molecule has 6 nitrogen and oxygen atoms in total. The van der Waals surface area contributed by atoms with E-state index >= 15 is 0 Å². The minimum Gasteiger partial charge on any atom is -0.497 e. The fraction of sp³-hybridized carbons (Fsp3) is 0.333. The van der Waals surface area contributed by atoms with Crippen molar-refractivity contribution in [3.8, 4) is 17.0 Å². The van der Waals surface area contributed by atoms with Crippen LogP contribution in [0.15, 0.2) is 47.8 Å². The lowest BCUT2D eigenvalue weighted by molar-refractivity contribution is -0.117. The Morgan fingerprint density at radius 2 is 1.94 bits per heavy atom. The van der Waals surface area contributed by atoms with Crippen molar-refractivity contribution in [2.24, 2.45) is 0 Å². The molecule has 0 atom stereocenters. The summed E-state index contributed by atoms with van der Waals surface area (Å²) in [6, 6.07) is 14.1. The molecule has 162 valence electrons. The molecule has 1 aliphatic heterocycles. The Hall–Kier alpha value is -2.90. The van der Waals surface area contributed by atoms with Crippen molar-refractivity contribution in [1.82, 2.24) is 9.88 Å². The number of thiazole rings is 1. The van der Waals surface area contributed by atoms with Gasteiger partial charge in [-0.15, -0.1) is 11.3 Å². The van der Waals surface area contributed by atoms with E-state index in [2.05, 4.69) is 33.5 Å². The van der Waals surface area contributed by atoms with Crippen LogP contribution in [-0.4, -0.2) is 55.6 Å². The molecule has 0 bridgehead atoms. The zero-order valence-corrected chi connectivity index (χ0v) is 19.0. The molecule has 31 heavy (non-hydrogen) atoms. The summed E-state index contributed by atoms with van der Waals surface area (Å²) in [6.45, 7) is 7.90. The molecule has 2 aromatic carbocycles. The largest absolute Gasteiger partial charge is 0.497 e. The highest BCUT2D eigenvalue weighted by Gasteiger charge is 2.21. The lowest BCUT2D eigenvalue weighted by Gasteiger charge is -2.34. The molecule has 1 aliphatic rings. The Kier molecular flexibility index (Phi) is 6.53. The van der Waals surface area contributed by atoms with Gasteiger partial charge in [0.2, 0.25) is 5.91 Å². The number of benzene rings is 2. The van der Waals surface area contributed by atoms with Gasteiger partial charge >= 0.3 is 0 Å². The fourth-order valence-corrected chi connectivity index (χ4v) is 4.66. The molecular formula is C24H28N4O2S. The van der Waals surface area contributed by atoms with E-state index in [4.69, 9.17) is 9.72 Å². The molecule has 0 saturated carbocycles. The van der Waals surface area contributed by atoms with Gasteiger partial charge in [-0.2, -0.15) is 0 Å². The lowest BCUT2D eigenvalue weighted by atomic mass is 10.1. The normalized spacial score (nSPS) is 14.5. The summed E-state index contributed by atoms with van der Waals surface area (Å²) in [5, 5.41) is 6.16. The van der Waals surface area contributed by atoms with E-state index in [1.54, 1.807) is 18.4 Å². The van der Waals surface area contributed by atoms with E-state index in [0.717, 1.165) is 59.6 Å². The van der Waals surface area contributed by atoms with Gasteiger partial charge in [0, 0.05) is 42.8 Å². The molecule has 1 fully saturated rings. The summed E-state index contributed by atoms with van der Waals surface area (Å²) in [4.78, 5) is 21.8. The van der Waals surface area contributed by atoms with Crippen molar-refractivity contribution in [3.63, 3.8) is 0 Å². The maximum absolute atomic E-state index is 12.5. The minimum atomic E-state index is 0.0370. The Balaban J connectivity index is 1.30. The van der Waals surface area contributed by atoms with Crippen LogP contribution >= 0.6 is 11.3 Å². The number of carbonyl (C=O) groups is 1. The number of aromatic nitrogens is 1. The van der Waals surface area contributed by atoms with Crippen LogP contribution in [0, 0.1) is 13.8 Å². The van der Waals surface area contributed by atoms with Crippen molar-refractivity contribution in [2.75, 3.05) is 50.1 Å². The number of carbonyl (C=O) groups excluding carboxylic acids is 1. The van der Waals surface area contributed by atoms with Gasteiger partial charge in [-0.3, -0.25) is 9.69 Å². The number of piperazine rings is 1. The number of anilines is 2. The maximum atomic E-state index is 12.5. The summed E-state index contributed by atoms with van der Waals surface area (Å²) in [6.07, 6.45) is 0. The molecule has 7 heteroatoms. The second-order valence-corrected chi connectivity index (χ2v) is 8.71. The minimum absolute atomic E-state index is 0.0370. The molecule has 1 aromatic heterocycles. The average Bonchev–Trinajstić information content (AvgIpc) is 3.27. The first-order chi connectivity index (χ1) is 15.0. The smallest absolute Gasteiger partial charge is 0.238 e. The van der Waals surface area contributed by atoms with E-state index in [1.165, 1.54) is 5.56 Å². The van der Waals surface area contributed by atoms with Gasteiger partial charge in [-0.1, -0.05) is 29.8 Å². The molecule has 0 unspecified atom stereocenters. The summed E-state index contributed by atoms with van der Waals surface area (Å²) in [5.41, 5.74) is 5.21. The number of hydrogen-bond donors (Lipinski definition) is 1. The van der Waals surface area contributed by atoms with Crippen LogP contribution < -0.4 is 15.0 Å². The van der Waals surface area contributed by atoms with Gasteiger partial charge in [-0.05, 0) is 37.6 Å². The van der Waals surface area contributed by atoms with Gasteiger partial charge in [0.25, 0.3) is 0 Å². The molecule has 0 spiro atoms. The average molecular weight is 437 g/mol. The first kappa shape index (κ1) is 21.3. The van der Waals surface area contributed by atoms with Crippen LogP contribution in [0.4, 0.5) is 10.8 Å². The van der Waals surface area contributed by atoms with Crippen LogP contribution in [0.25, 0.3) is 11.3 Å². The number of amides is 1. The van der Waals surface area contributed by atoms with Crippen LogP contribution in [0.5, 0.6) is 5.75 Å². The number of hydrogen-bond acceptors (Lipinski definition) is 6. The van der Waals surface area contributed by atoms with Gasteiger partial charge in [0.15, 0.2) is 5.13 Å². The van der Waals surface area contributed by atoms with Gasteiger partial charge < -0.3 is 15.0 Å². The quantitative estimate of drug-likeness (QED) is 0.628. The number of methoxy groups -OCH3 is 1. The molecule has 1 saturated heterocycles. The van der Waals surface area contributed by atoms with E-state index in [1.807, 2.05) is 43.3 Å².